The molecule has 2 N–H and O–H groups in total. The van der Waals surface area contributed by atoms with E-state index in [4.69, 9.17) is 4.74 Å². The number of carbonyl (C=O) groups is 2. The molecule has 0 radical (unpaired) electrons. The molecule has 1 aromatic heterocycles. The smallest absolute Gasteiger partial charge is 0.263 e. The molecule has 0 unspecified atom stereocenters. The number of hydrogen-bond acceptors (Lipinski definition) is 4. The van der Waals surface area contributed by atoms with Gasteiger partial charge in [-0.2, -0.15) is 0 Å². The van der Waals surface area contributed by atoms with Gasteiger partial charge in [-0.05, 0) is 50.5 Å². The summed E-state index contributed by atoms with van der Waals surface area (Å²) in [5.41, 5.74) is -0.155. The van der Waals surface area contributed by atoms with Crippen LogP contribution in [-0.2, 0) is 9.59 Å². The van der Waals surface area contributed by atoms with Crippen LogP contribution in [0.2, 0.25) is 0 Å². The molecule has 0 bridgehead atoms. The lowest BCUT2D eigenvalue weighted by atomic mass is 10.1. The fraction of sp³-hybridized carbons (Fsp3) is 0.476. The van der Waals surface area contributed by atoms with Crippen molar-refractivity contribution in [1.82, 2.24) is 15.6 Å². The minimum absolute atomic E-state index is 0.0123. The van der Waals surface area contributed by atoms with Gasteiger partial charge >= 0.3 is 0 Å². The van der Waals surface area contributed by atoms with Crippen LogP contribution in [0.4, 0.5) is 0 Å². The third-order valence-corrected chi connectivity index (χ3v) is 4.18. The van der Waals surface area contributed by atoms with Gasteiger partial charge in [0.25, 0.3) is 5.91 Å². The lowest BCUT2D eigenvalue weighted by molar-refractivity contribution is -0.134. The molecule has 0 fully saturated rings. The van der Waals surface area contributed by atoms with E-state index in [1.807, 2.05) is 24.3 Å². The predicted molar refractivity (Wildman–Crippen MR) is 107 cm³/mol. The number of rotatable bonds is 9. The summed E-state index contributed by atoms with van der Waals surface area (Å²) in [6.45, 7) is 8.37. The maximum Gasteiger partial charge on any atom is 0.263 e. The van der Waals surface area contributed by atoms with Crippen molar-refractivity contribution < 1.29 is 14.3 Å². The van der Waals surface area contributed by atoms with E-state index in [0.29, 0.717) is 31.2 Å². The third-order valence-electron chi connectivity index (χ3n) is 4.18. The summed E-state index contributed by atoms with van der Waals surface area (Å²) in [7, 11) is 0. The maximum atomic E-state index is 12.4. The lowest BCUT2D eigenvalue weighted by Crippen LogP contribution is -2.48. The number of aromatic nitrogens is 1. The van der Waals surface area contributed by atoms with E-state index in [1.54, 1.807) is 26.1 Å². The van der Waals surface area contributed by atoms with Crippen molar-refractivity contribution in [3.8, 4) is 5.75 Å². The molecule has 146 valence electrons. The van der Waals surface area contributed by atoms with Gasteiger partial charge in [0, 0.05) is 31.1 Å². The van der Waals surface area contributed by atoms with Crippen molar-refractivity contribution in [2.75, 3.05) is 13.1 Å². The first-order chi connectivity index (χ1) is 12.8. The van der Waals surface area contributed by atoms with Gasteiger partial charge in [0.1, 0.15) is 5.75 Å². The molecular weight excluding hydrogens is 342 g/mol. The number of nitrogens with one attached hydrogen (secondary N) is 2. The number of hydrogen-bond donors (Lipinski definition) is 2. The zero-order valence-corrected chi connectivity index (χ0v) is 16.5. The number of amides is 2. The Morgan fingerprint density at radius 3 is 2.63 bits per heavy atom. The van der Waals surface area contributed by atoms with Crippen molar-refractivity contribution >= 4 is 22.7 Å². The quantitative estimate of drug-likeness (QED) is 0.664. The van der Waals surface area contributed by atoms with Gasteiger partial charge in [0.15, 0.2) is 5.60 Å². The van der Waals surface area contributed by atoms with Gasteiger partial charge < -0.3 is 15.4 Å². The Morgan fingerprint density at radius 2 is 1.89 bits per heavy atom. The van der Waals surface area contributed by atoms with E-state index < -0.39 is 5.60 Å². The summed E-state index contributed by atoms with van der Waals surface area (Å²) in [6.07, 6.45) is 3.11. The first-order valence-electron chi connectivity index (χ1n) is 9.37. The summed E-state index contributed by atoms with van der Waals surface area (Å²) in [6, 6.07) is 9.35. The SMILES string of the molecule is CC(C)CCC(=O)NCCNC(=O)C(C)(C)Oc1ccc2ncccc2c1. The Balaban J connectivity index is 1.80. The predicted octanol–water partition coefficient (Wildman–Crippen LogP) is 3.06. The fourth-order valence-corrected chi connectivity index (χ4v) is 2.56. The second-order valence-corrected chi connectivity index (χ2v) is 7.51. The molecule has 0 aliphatic rings. The molecule has 6 nitrogen and oxygen atoms in total. The van der Waals surface area contributed by atoms with Crippen LogP contribution in [0, 0.1) is 5.92 Å². The summed E-state index contributed by atoms with van der Waals surface area (Å²) < 4.78 is 5.89. The highest BCUT2D eigenvalue weighted by Crippen LogP contribution is 2.23. The summed E-state index contributed by atoms with van der Waals surface area (Å²) >= 11 is 0. The second-order valence-electron chi connectivity index (χ2n) is 7.51. The van der Waals surface area contributed by atoms with E-state index in [-0.39, 0.29) is 11.8 Å². The van der Waals surface area contributed by atoms with Crippen LogP contribution in [0.15, 0.2) is 36.5 Å². The fourth-order valence-electron chi connectivity index (χ4n) is 2.56. The highest BCUT2D eigenvalue weighted by molar-refractivity contribution is 5.85. The molecule has 27 heavy (non-hydrogen) atoms. The number of benzene rings is 1. The topological polar surface area (TPSA) is 80.3 Å². The molecule has 0 aliphatic carbocycles. The average Bonchev–Trinajstić information content (AvgIpc) is 2.62. The largest absolute Gasteiger partial charge is 0.478 e. The van der Waals surface area contributed by atoms with Crippen molar-refractivity contribution in [3.63, 3.8) is 0 Å². The zero-order valence-electron chi connectivity index (χ0n) is 16.5. The van der Waals surface area contributed by atoms with E-state index in [1.165, 1.54) is 0 Å². The number of pyridine rings is 1. The maximum absolute atomic E-state index is 12.4. The highest BCUT2D eigenvalue weighted by atomic mass is 16.5. The van der Waals surface area contributed by atoms with E-state index in [0.717, 1.165) is 17.3 Å². The van der Waals surface area contributed by atoms with Crippen LogP contribution in [-0.4, -0.2) is 35.5 Å². The number of nitrogens with zero attached hydrogens (tertiary/aromatic N) is 1. The molecule has 2 aromatic rings. The number of ether oxygens (including phenoxy) is 1. The molecule has 0 saturated carbocycles. The Labute approximate surface area is 160 Å². The van der Waals surface area contributed by atoms with Crippen LogP contribution >= 0.6 is 0 Å². The van der Waals surface area contributed by atoms with Gasteiger partial charge in [-0.1, -0.05) is 19.9 Å². The Hall–Kier alpha value is -2.63. The van der Waals surface area contributed by atoms with Crippen LogP contribution in [0.5, 0.6) is 5.75 Å². The standard InChI is InChI=1S/C21H29N3O3/c1-15(2)7-10-19(25)23-12-13-24-20(26)21(3,4)27-17-8-9-18-16(14-17)6-5-11-22-18/h5-6,8-9,11,14-15H,7,10,12-13H2,1-4H3,(H,23,25)(H,24,26). The van der Waals surface area contributed by atoms with Crippen molar-refractivity contribution in [3.05, 3.63) is 36.5 Å². The van der Waals surface area contributed by atoms with Crippen LogP contribution in [0.25, 0.3) is 10.9 Å². The van der Waals surface area contributed by atoms with Gasteiger partial charge in [-0.3, -0.25) is 14.6 Å². The molecule has 0 atom stereocenters. The lowest BCUT2D eigenvalue weighted by Gasteiger charge is -2.25. The third kappa shape index (κ3) is 6.55. The minimum Gasteiger partial charge on any atom is -0.478 e. The molecule has 0 saturated heterocycles. The van der Waals surface area contributed by atoms with E-state index >= 15 is 0 Å². The average molecular weight is 371 g/mol. The normalized spacial score (nSPS) is 11.4. The van der Waals surface area contributed by atoms with E-state index in [2.05, 4.69) is 29.5 Å². The second kappa shape index (κ2) is 9.35. The van der Waals surface area contributed by atoms with Crippen molar-refractivity contribution in [1.29, 1.82) is 0 Å². The van der Waals surface area contributed by atoms with Crippen molar-refractivity contribution in [2.24, 2.45) is 5.92 Å². The Kier molecular flexibility index (Phi) is 7.16. The van der Waals surface area contributed by atoms with Crippen LogP contribution in [0.1, 0.15) is 40.5 Å². The Bertz CT molecular complexity index is 787. The zero-order chi connectivity index (χ0) is 19.9. The molecule has 0 spiro atoms. The van der Waals surface area contributed by atoms with Crippen LogP contribution in [0.3, 0.4) is 0 Å². The first-order valence-corrected chi connectivity index (χ1v) is 9.37. The number of carbonyl (C=O) groups excluding carboxylic acids is 2. The van der Waals surface area contributed by atoms with E-state index in [9.17, 15) is 9.59 Å². The first kappa shape index (κ1) is 20.7. The molecule has 2 amide bonds. The van der Waals surface area contributed by atoms with Gasteiger partial charge in [0.2, 0.25) is 5.91 Å². The number of fused-ring (bicyclic) bond motifs is 1. The van der Waals surface area contributed by atoms with Gasteiger partial charge in [0.05, 0.1) is 5.52 Å². The van der Waals surface area contributed by atoms with Crippen molar-refractivity contribution in [2.45, 2.75) is 46.1 Å². The Morgan fingerprint density at radius 1 is 1.15 bits per heavy atom. The monoisotopic (exact) mass is 371 g/mol. The molecular formula is C21H29N3O3. The highest BCUT2D eigenvalue weighted by Gasteiger charge is 2.29. The van der Waals surface area contributed by atoms with Crippen LogP contribution < -0.4 is 15.4 Å². The molecule has 2 rings (SSSR count). The molecule has 6 heteroatoms. The van der Waals surface area contributed by atoms with Gasteiger partial charge in [-0.15, -0.1) is 0 Å². The summed E-state index contributed by atoms with van der Waals surface area (Å²) in [5.74, 6) is 0.889. The molecule has 1 aromatic carbocycles. The summed E-state index contributed by atoms with van der Waals surface area (Å²) in [4.78, 5) is 28.4. The summed E-state index contributed by atoms with van der Waals surface area (Å²) in [5, 5.41) is 6.58. The van der Waals surface area contributed by atoms with Gasteiger partial charge in [-0.25, -0.2) is 0 Å². The molecule has 0 aliphatic heterocycles. The minimum atomic E-state index is -1.03. The molecule has 1 heterocycles.